The number of nitrogens with one attached hydrogen (secondary N) is 1. The van der Waals surface area contributed by atoms with Gasteiger partial charge in [-0.05, 0) is 47.9 Å². The number of hydrogen-bond donors (Lipinski definition) is 1. The van der Waals surface area contributed by atoms with E-state index < -0.39 is 0 Å². The van der Waals surface area contributed by atoms with Crippen molar-refractivity contribution in [1.82, 2.24) is 4.90 Å². The van der Waals surface area contributed by atoms with Crippen LogP contribution in [-0.2, 0) is 0 Å². The molecule has 3 nitrogen and oxygen atoms in total. The molecule has 0 fully saturated rings. The van der Waals surface area contributed by atoms with E-state index in [2.05, 4.69) is 55.6 Å². The molecule has 0 aliphatic rings. The van der Waals surface area contributed by atoms with Gasteiger partial charge in [-0.25, -0.2) is 4.79 Å². The Morgan fingerprint density at radius 3 is 2.25 bits per heavy atom. The summed E-state index contributed by atoms with van der Waals surface area (Å²) in [6.07, 6.45) is 0. The molecule has 0 bridgehead atoms. The van der Waals surface area contributed by atoms with Crippen molar-refractivity contribution in [3.63, 3.8) is 0 Å². The molecule has 0 heterocycles. The van der Waals surface area contributed by atoms with E-state index >= 15 is 0 Å². The van der Waals surface area contributed by atoms with Gasteiger partial charge >= 0.3 is 6.03 Å². The maximum absolute atomic E-state index is 12.0. The third-order valence-corrected chi connectivity index (χ3v) is 4.05. The van der Waals surface area contributed by atoms with Crippen molar-refractivity contribution in [1.29, 1.82) is 0 Å². The Kier molecular flexibility index (Phi) is 4.26. The van der Waals surface area contributed by atoms with E-state index in [0.717, 1.165) is 16.6 Å². The second-order valence-corrected chi connectivity index (χ2v) is 6.45. The zero-order valence-corrected chi connectivity index (χ0v) is 14.6. The maximum Gasteiger partial charge on any atom is 0.321 e. The number of hydrogen-bond acceptors (Lipinski definition) is 1. The minimum absolute atomic E-state index is 0.128. The first-order valence-electron chi connectivity index (χ1n) is 8.04. The third kappa shape index (κ3) is 3.25. The summed E-state index contributed by atoms with van der Waals surface area (Å²) in [5.74, 6) is 0. The molecule has 0 radical (unpaired) electrons. The van der Waals surface area contributed by atoms with Gasteiger partial charge in [0.15, 0.2) is 0 Å². The first-order chi connectivity index (χ1) is 11.4. The van der Waals surface area contributed by atoms with E-state index in [1.807, 2.05) is 18.2 Å². The van der Waals surface area contributed by atoms with Crippen molar-refractivity contribution in [3.8, 4) is 11.1 Å². The van der Waals surface area contributed by atoms with E-state index in [-0.39, 0.29) is 6.03 Å². The fourth-order valence-corrected chi connectivity index (χ4v) is 2.99. The summed E-state index contributed by atoms with van der Waals surface area (Å²) in [5, 5.41) is 5.26. The molecule has 0 spiro atoms. The molecule has 0 unspecified atom stereocenters. The number of fused-ring (bicyclic) bond motifs is 1. The lowest BCUT2D eigenvalue weighted by atomic mass is 9.95. The van der Waals surface area contributed by atoms with Crippen molar-refractivity contribution in [2.24, 2.45) is 0 Å². The summed E-state index contributed by atoms with van der Waals surface area (Å²) >= 11 is 0. The Morgan fingerprint density at radius 1 is 0.917 bits per heavy atom. The first-order valence-corrected chi connectivity index (χ1v) is 8.04. The van der Waals surface area contributed by atoms with Crippen molar-refractivity contribution in [2.75, 3.05) is 19.4 Å². The van der Waals surface area contributed by atoms with Gasteiger partial charge in [-0.2, -0.15) is 0 Å². The molecule has 0 aliphatic heterocycles. The third-order valence-electron chi connectivity index (χ3n) is 4.05. The van der Waals surface area contributed by atoms with Crippen LogP contribution < -0.4 is 5.32 Å². The molecular weight excluding hydrogens is 296 g/mol. The number of anilines is 1. The number of amides is 2. The zero-order chi connectivity index (χ0) is 17.3. The van der Waals surface area contributed by atoms with Crippen molar-refractivity contribution >= 4 is 22.5 Å². The fourth-order valence-electron chi connectivity index (χ4n) is 2.99. The lowest BCUT2D eigenvalue weighted by Crippen LogP contribution is -2.27. The highest BCUT2D eigenvalue weighted by Crippen LogP contribution is 2.33. The summed E-state index contributed by atoms with van der Waals surface area (Å²) in [4.78, 5) is 13.6. The molecule has 0 atom stereocenters. The molecule has 3 rings (SSSR count). The van der Waals surface area contributed by atoms with Gasteiger partial charge in [-0.15, -0.1) is 0 Å². The minimum atomic E-state index is -0.128. The smallest absolute Gasteiger partial charge is 0.321 e. The van der Waals surface area contributed by atoms with Crippen LogP contribution in [0.15, 0.2) is 54.6 Å². The quantitative estimate of drug-likeness (QED) is 0.690. The van der Waals surface area contributed by atoms with Gasteiger partial charge in [0.2, 0.25) is 0 Å². The number of urea groups is 1. The standard InChI is InChI=1S/C21H22N2O/c1-14-9-15(2)11-17(10-14)20-13-18(22-21(24)23(3)4)12-16-7-5-6-8-19(16)20/h5-13H,1-4H3,(H,22,24). The summed E-state index contributed by atoms with van der Waals surface area (Å²) in [6.45, 7) is 4.22. The Labute approximate surface area is 142 Å². The lowest BCUT2D eigenvalue weighted by molar-refractivity contribution is 0.230. The number of nitrogens with zero attached hydrogens (tertiary/aromatic N) is 1. The van der Waals surface area contributed by atoms with Gasteiger partial charge in [0.05, 0.1) is 0 Å². The van der Waals surface area contributed by atoms with Crippen LogP contribution in [0.2, 0.25) is 0 Å². The average molecular weight is 318 g/mol. The lowest BCUT2D eigenvalue weighted by Gasteiger charge is -2.15. The first kappa shape index (κ1) is 16.1. The summed E-state index contributed by atoms with van der Waals surface area (Å²) < 4.78 is 0. The monoisotopic (exact) mass is 318 g/mol. The Hall–Kier alpha value is -2.81. The van der Waals surface area contributed by atoms with E-state index in [4.69, 9.17) is 0 Å². The summed E-state index contributed by atoms with van der Waals surface area (Å²) in [5.41, 5.74) is 5.58. The topological polar surface area (TPSA) is 32.3 Å². The number of carbonyl (C=O) groups excluding carboxylic acids is 1. The van der Waals surface area contributed by atoms with Crippen LogP contribution in [0.4, 0.5) is 10.5 Å². The van der Waals surface area contributed by atoms with E-state index in [9.17, 15) is 4.79 Å². The van der Waals surface area contributed by atoms with E-state index in [0.29, 0.717) is 0 Å². The number of benzene rings is 3. The predicted octanol–water partition coefficient (Wildman–Crippen LogP) is 5.22. The second kappa shape index (κ2) is 6.36. The van der Waals surface area contributed by atoms with Gasteiger partial charge in [0.1, 0.15) is 0 Å². The molecule has 0 saturated heterocycles. The molecule has 2 amide bonds. The maximum atomic E-state index is 12.0. The second-order valence-electron chi connectivity index (χ2n) is 6.45. The highest BCUT2D eigenvalue weighted by molar-refractivity contribution is 6.01. The van der Waals surface area contributed by atoms with Crippen LogP contribution in [0.5, 0.6) is 0 Å². The van der Waals surface area contributed by atoms with E-state index in [1.54, 1.807) is 14.1 Å². The van der Waals surface area contributed by atoms with Gasteiger partial charge in [0.25, 0.3) is 0 Å². The number of aryl methyl sites for hydroxylation is 2. The molecule has 122 valence electrons. The largest absolute Gasteiger partial charge is 0.331 e. The molecule has 0 saturated carbocycles. The summed E-state index contributed by atoms with van der Waals surface area (Å²) in [7, 11) is 3.47. The van der Waals surface area contributed by atoms with Crippen LogP contribution in [0, 0.1) is 13.8 Å². The van der Waals surface area contributed by atoms with Gasteiger partial charge < -0.3 is 10.2 Å². The fraction of sp³-hybridized carbons (Fsp3) is 0.190. The molecule has 24 heavy (non-hydrogen) atoms. The Morgan fingerprint density at radius 2 is 1.58 bits per heavy atom. The Balaban J connectivity index is 2.19. The van der Waals surface area contributed by atoms with Crippen molar-refractivity contribution < 1.29 is 4.79 Å². The zero-order valence-electron chi connectivity index (χ0n) is 14.6. The van der Waals surface area contributed by atoms with Crippen LogP contribution >= 0.6 is 0 Å². The molecule has 0 aliphatic carbocycles. The number of carbonyl (C=O) groups is 1. The molecule has 3 heteroatoms. The molecule has 0 aromatic heterocycles. The van der Waals surface area contributed by atoms with Crippen LogP contribution in [0.3, 0.4) is 0 Å². The van der Waals surface area contributed by atoms with Crippen LogP contribution in [0.1, 0.15) is 11.1 Å². The molecule has 3 aromatic rings. The van der Waals surface area contributed by atoms with Crippen molar-refractivity contribution in [2.45, 2.75) is 13.8 Å². The van der Waals surface area contributed by atoms with E-state index in [1.165, 1.54) is 27.0 Å². The summed E-state index contributed by atoms with van der Waals surface area (Å²) in [6, 6.07) is 18.8. The van der Waals surface area contributed by atoms with Crippen LogP contribution in [-0.4, -0.2) is 25.0 Å². The SMILES string of the molecule is Cc1cc(C)cc(-c2cc(NC(=O)N(C)C)cc3ccccc23)c1. The highest BCUT2D eigenvalue weighted by atomic mass is 16.2. The Bertz CT molecular complexity index is 893. The number of rotatable bonds is 2. The molecular formula is C21H22N2O. The average Bonchev–Trinajstić information content (AvgIpc) is 2.53. The van der Waals surface area contributed by atoms with Gasteiger partial charge in [0, 0.05) is 19.8 Å². The normalized spacial score (nSPS) is 10.7. The molecule has 3 aromatic carbocycles. The van der Waals surface area contributed by atoms with Crippen LogP contribution in [0.25, 0.3) is 21.9 Å². The molecule has 1 N–H and O–H groups in total. The van der Waals surface area contributed by atoms with Gasteiger partial charge in [-0.3, -0.25) is 0 Å². The van der Waals surface area contributed by atoms with Crippen molar-refractivity contribution in [3.05, 3.63) is 65.7 Å². The minimum Gasteiger partial charge on any atom is -0.331 e. The van der Waals surface area contributed by atoms with Gasteiger partial charge in [-0.1, -0.05) is 53.6 Å². The highest BCUT2D eigenvalue weighted by Gasteiger charge is 2.10. The predicted molar refractivity (Wildman–Crippen MR) is 102 cm³/mol.